The van der Waals surface area contributed by atoms with Gasteiger partial charge < -0.3 is 4.90 Å². The van der Waals surface area contributed by atoms with Gasteiger partial charge in [-0.2, -0.15) is 0 Å². The van der Waals surface area contributed by atoms with Gasteiger partial charge in [-0.3, -0.25) is 9.69 Å². The minimum Gasteiger partial charge on any atom is -0.339 e. The molecule has 2 atom stereocenters. The fourth-order valence-corrected chi connectivity index (χ4v) is 2.30. The van der Waals surface area contributed by atoms with E-state index in [4.69, 9.17) is 0 Å². The summed E-state index contributed by atoms with van der Waals surface area (Å²) in [6.45, 7) is 10.3. The van der Waals surface area contributed by atoms with Crippen molar-refractivity contribution in [1.82, 2.24) is 9.80 Å². The highest BCUT2D eigenvalue weighted by molar-refractivity contribution is 9.10. The minimum atomic E-state index is 0.00245. The monoisotopic (exact) mass is 290 g/mol. The van der Waals surface area contributed by atoms with Gasteiger partial charge in [-0.1, -0.05) is 29.8 Å². The van der Waals surface area contributed by atoms with Crippen LogP contribution in [0.5, 0.6) is 0 Å². The summed E-state index contributed by atoms with van der Waals surface area (Å²) in [4.78, 5) is 16.4. The molecule has 0 spiro atoms. The Labute approximate surface area is 107 Å². The Morgan fingerprint density at radius 2 is 1.75 bits per heavy atom. The molecule has 1 fully saturated rings. The van der Waals surface area contributed by atoms with E-state index in [1.54, 1.807) is 0 Å². The van der Waals surface area contributed by atoms with Crippen molar-refractivity contribution in [2.75, 3.05) is 26.2 Å². The van der Waals surface area contributed by atoms with Gasteiger partial charge in [0.25, 0.3) is 0 Å². The maximum atomic E-state index is 11.9. The maximum Gasteiger partial charge on any atom is 0.236 e. The zero-order valence-electron chi connectivity index (χ0n) is 10.6. The summed E-state index contributed by atoms with van der Waals surface area (Å²) in [7, 11) is 0. The van der Waals surface area contributed by atoms with E-state index in [0.29, 0.717) is 6.04 Å². The first-order valence-corrected chi connectivity index (χ1v) is 7.18. The molecule has 0 aromatic rings. The van der Waals surface area contributed by atoms with Gasteiger partial charge in [0.05, 0.1) is 4.83 Å². The minimum absolute atomic E-state index is 0.00245. The average Bonchev–Trinajstić information content (AvgIpc) is 2.36. The lowest BCUT2D eigenvalue weighted by molar-refractivity contribution is -0.132. The molecule has 0 N–H and O–H groups in total. The van der Waals surface area contributed by atoms with Crippen LogP contribution in [0.25, 0.3) is 0 Å². The van der Waals surface area contributed by atoms with Crippen LogP contribution in [-0.4, -0.2) is 52.8 Å². The van der Waals surface area contributed by atoms with Crippen LogP contribution in [0.3, 0.4) is 0 Å². The number of hydrogen-bond donors (Lipinski definition) is 0. The summed E-state index contributed by atoms with van der Waals surface area (Å²) in [6.07, 6.45) is 2.05. The van der Waals surface area contributed by atoms with Crippen molar-refractivity contribution in [1.29, 1.82) is 0 Å². The molecule has 0 bridgehead atoms. The molecule has 1 aliphatic rings. The lowest BCUT2D eigenvalue weighted by atomic mass is 10.2. The second kappa shape index (κ2) is 6.60. The van der Waals surface area contributed by atoms with E-state index in [1.807, 2.05) is 11.8 Å². The van der Waals surface area contributed by atoms with Gasteiger partial charge in [0.2, 0.25) is 5.91 Å². The Balaban J connectivity index is 2.40. The van der Waals surface area contributed by atoms with E-state index in [1.165, 1.54) is 6.42 Å². The predicted molar refractivity (Wildman–Crippen MR) is 70.9 cm³/mol. The Morgan fingerprint density at radius 1 is 1.19 bits per heavy atom. The molecular formula is C12H23BrN2O. The number of carbonyl (C=O) groups is 1. The third kappa shape index (κ3) is 3.45. The third-order valence-corrected chi connectivity index (χ3v) is 4.51. The number of amides is 1. The van der Waals surface area contributed by atoms with Crippen LogP contribution in [0, 0.1) is 0 Å². The normalized spacial score (nSPS) is 21.9. The second-order valence-corrected chi connectivity index (χ2v) is 5.60. The standard InChI is InChI=1S/C12H23BrN2O/c1-4-10(3)14-6-8-15(9-7-14)12(16)11(13)5-2/h10-11H,4-9H2,1-3H3. The van der Waals surface area contributed by atoms with Crippen molar-refractivity contribution >= 4 is 21.8 Å². The molecule has 1 heterocycles. The van der Waals surface area contributed by atoms with Gasteiger partial charge in [-0.25, -0.2) is 0 Å². The smallest absolute Gasteiger partial charge is 0.236 e. The lowest BCUT2D eigenvalue weighted by Crippen LogP contribution is -2.52. The summed E-state index contributed by atoms with van der Waals surface area (Å²) in [5.41, 5.74) is 0. The fourth-order valence-electron chi connectivity index (χ4n) is 2.01. The fraction of sp³-hybridized carbons (Fsp3) is 0.917. The highest BCUT2D eigenvalue weighted by Crippen LogP contribution is 2.13. The highest BCUT2D eigenvalue weighted by atomic mass is 79.9. The molecule has 0 aromatic heterocycles. The van der Waals surface area contributed by atoms with Crippen LogP contribution in [0.4, 0.5) is 0 Å². The van der Waals surface area contributed by atoms with E-state index in [-0.39, 0.29) is 10.7 Å². The molecule has 0 aliphatic carbocycles. The van der Waals surface area contributed by atoms with Crippen LogP contribution in [0.2, 0.25) is 0 Å². The van der Waals surface area contributed by atoms with E-state index in [2.05, 4.69) is 34.7 Å². The van der Waals surface area contributed by atoms with Crippen molar-refractivity contribution < 1.29 is 4.79 Å². The topological polar surface area (TPSA) is 23.6 Å². The van der Waals surface area contributed by atoms with Gasteiger partial charge in [0, 0.05) is 32.2 Å². The molecule has 0 aromatic carbocycles. The van der Waals surface area contributed by atoms with Crippen LogP contribution < -0.4 is 0 Å². The first kappa shape index (κ1) is 14.0. The average molecular weight is 291 g/mol. The van der Waals surface area contributed by atoms with E-state index in [0.717, 1.165) is 32.6 Å². The van der Waals surface area contributed by atoms with Crippen molar-refractivity contribution in [3.05, 3.63) is 0 Å². The van der Waals surface area contributed by atoms with Crippen LogP contribution >= 0.6 is 15.9 Å². The van der Waals surface area contributed by atoms with Crippen molar-refractivity contribution in [3.8, 4) is 0 Å². The van der Waals surface area contributed by atoms with Gasteiger partial charge in [0.1, 0.15) is 0 Å². The largest absolute Gasteiger partial charge is 0.339 e. The summed E-state index contributed by atoms with van der Waals surface area (Å²) >= 11 is 3.43. The summed E-state index contributed by atoms with van der Waals surface area (Å²) in [5.74, 6) is 0.256. The van der Waals surface area contributed by atoms with Crippen molar-refractivity contribution in [2.45, 2.75) is 44.5 Å². The molecular weight excluding hydrogens is 268 g/mol. The molecule has 94 valence electrons. The number of nitrogens with zero attached hydrogens (tertiary/aromatic N) is 2. The quantitative estimate of drug-likeness (QED) is 0.741. The SMILES string of the molecule is CCC(Br)C(=O)N1CCN(C(C)CC)CC1. The Bertz CT molecular complexity index is 227. The van der Waals surface area contributed by atoms with Gasteiger partial charge in [0.15, 0.2) is 0 Å². The van der Waals surface area contributed by atoms with Crippen LogP contribution in [0.1, 0.15) is 33.6 Å². The number of piperazine rings is 1. The predicted octanol–water partition coefficient (Wildman–Crippen LogP) is 2.10. The Kier molecular flexibility index (Phi) is 5.76. The van der Waals surface area contributed by atoms with Gasteiger partial charge >= 0.3 is 0 Å². The molecule has 1 saturated heterocycles. The summed E-state index contributed by atoms with van der Waals surface area (Å²) < 4.78 is 0. The number of halogens is 1. The third-order valence-electron chi connectivity index (χ3n) is 3.47. The molecule has 1 amide bonds. The van der Waals surface area contributed by atoms with Gasteiger partial charge in [-0.05, 0) is 19.8 Å². The lowest BCUT2D eigenvalue weighted by Gasteiger charge is -2.38. The van der Waals surface area contributed by atoms with E-state index in [9.17, 15) is 4.79 Å². The Morgan fingerprint density at radius 3 is 2.19 bits per heavy atom. The van der Waals surface area contributed by atoms with Crippen LogP contribution in [-0.2, 0) is 4.79 Å². The summed E-state index contributed by atoms with van der Waals surface area (Å²) in [6, 6.07) is 0.642. The first-order chi connectivity index (χ1) is 7.60. The van der Waals surface area contributed by atoms with Crippen molar-refractivity contribution in [3.63, 3.8) is 0 Å². The molecule has 1 aliphatic heterocycles. The van der Waals surface area contributed by atoms with Gasteiger partial charge in [-0.15, -0.1) is 0 Å². The highest BCUT2D eigenvalue weighted by Gasteiger charge is 2.26. The molecule has 0 saturated carbocycles. The van der Waals surface area contributed by atoms with E-state index >= 15 is 0 Å². The molecule has 1 rings (SSSR count). The van der Waals surface area contributed by atoms with E-state index < -0.39 is 0 Å². The van der Waals surface area contributed by atoms with Crippen LogP contribution in [0.15, 0.2) is 0 Å². The molecule has 0 radical (unpaired) electrons. The molecule has 3 nitrogen and oxygen atoms in total. The number of hydrogen-bond acceptors (Lipinski definition) is 2. The number of alkyl halides is 1. The zero-order chi connectivity index (χ0) is 12.1. The Hall–Kier alpha value is -0.0900. The second-order valence-electron chi connectivity index (χ2n) is 4.49. The zero-order valence-corrected chi connectivity index (χ0v) is 12.2. The maximum absolute atomic E-state index is 11.9. The summed E-state index contributed by atoms with van der Waals surface area (Å²) in [5, 5.41) is 0. The van der Waals surface area contributed by atoms with Crippen molar-refractivity contribution in [2.24, 2.45) is 0 Å². The molecule has 4 heteroatoms. The number of carbonyl (C=O) groups excluding carboxylic acids is 1. The molecule has 2 unspecified atom stereocenters. The first-order valence-electron chi connectivity index (χ1n) is 6.27. The number of rotatable bonds is 4. The molecule has 16 heavy (non-hydrogen) atoms.